The zero-order valence-corrected chi connectivity index (χ0v) is 14.0. The summed E-state index contributed by atoms with van der Waals surface area (Å²) < 4.78 is 6.12. The van der Waals surface area contributed by atoms with E-state index in [0.29, 0.717) is 0 Å². The molecule has 4 heteroatoms. The number of hydrogen-bond donors (Lipinski definition) is 2. The van der Waals surface area contributed by atoms with Crippen LogP contribution in [-0.4, -0.2) is 33.5 Å². The van der Waals surface area contributed by atoms with E-state index >= 15 is 0 Å². The molecule has 1 aliphatic carbocycles. The number of rotatable bonds is 12. The Labute approximate surface area is 134 Å². The third-order valence-corrected chi connectivity index (χ3v) is 5.59. The van der Waals surface area contributed by atoms with Gasteiger partial charge in [0, 0.05) is 6.42 Å². The number of fused-ring (bicyclic) bond motifs is 1. The van der Waals surface area contributed by atoms with Gasteiger partial charge in [0.2, 0.25) is 0 Å². The standard InChI is InChI=1S/C18H32O4/c1-2-3-4-8-12-17-14-11-15(19)18(17,22-17)13-9-6-5-7-10-16(20)21/h15,19H,2-14H2,1H3,(H,20,21). The van der Waals surface area contributed by atoms with Gasteiger partial charge in [-0.1, -0.05) is 51.9 Å². The zero-order chi connectivity index (χ0) is 16.1. The van der Waals surface area contributed by atoms with E-state index in [0.717, 1.165) is 51.4 Å². The monoisotopic (exact) mass is 312 g/mol. The van der Waals surface area contributed by atoms with Crippen LogP contribution >= 0.6 is 0 Å². The Morgan fingerprint density at radius 2 is 1.77 bits per heavy atom. The molecule has 1 heterocycles. The van der Waals surface area contributed by atoms with Crippen LogP contribution in [0.1, 0.15) is 90.4 Å². The van der Waals surface area contributed by atoms with E-state index in [-0.39, 0.29) is 23.7 Å². The van der Waals surface area contributed by atoms with Gasteiger partial charge in [-0.25, -0.2) is 0 Å². The van der Waals surface area contributed by atoms with Crippen LogP contribution in [0.25, 0.3) is 0 Å². The average molecular weight is 312 g/mol. The Morgan fingerprint density at radius 3 is 2.50 bits per heavy atom. The van der Waals surface area contributed by atoms with Gasteiger partial charge in [-0.05, 0) is 32.1 Å². The summed E-state index contributed by atoms with van der Waals surface area (Å²) >= 11 is 0. The van der Waals surface area contributed by atoms with Gasteiger partial charge in [-0.15, -0.1) is 0 Å². The van der Waals surface area contributed by atoms with Crippen LogP contribution in [-0.2, 0) is 9.53 Å². The summed E-state index contributed by atoms with van der Waals surface area (Å²) in [6, 6.07) is 0. The van der Waals surface area contributed by atoms with Gasteiger partial charge >= 0.3 is 5.97 Å². The number of carboxylic acid groups (broad SMARTS) is 1. The van der Waals surface area contributed by atoms with E-state index in [1.807, 2.05) is 0 Å². The lowest BCUT2D eigenvalue weighted by Gasteiger charge is -2.16. The van der Waals surface area contributed by atoms with Crippen LogP contribution in [0.15, 0.2) is 0 Å². The first-order valence-electron chi connectivity index (χ1n) is 9.16. The van der Waals surface area contributed by atoms with Crippen LogP contribution in [0.4, 0.5) is 0 Å². The second-order valence-corrected chi connectivity index (χ2v) is 7.16. The molecule has 0 radical (unpaired) electrons. The van der Waals surface area contributed by atoms with Gasteiger partial charge in [0.05, 0.1) is 6.10 Å². The highest BCUT2D eigenvalue weighted by atomic mass is 16.6. The molecule has 0 aromatic heterocycles. The van der Waals surface area contributed by atoms with E-state index in [1.165, 1.54) is 25.7 Å². The van der Waals surface area contributed by atoms with Gasteiger partial charge in [0.1, 0.15) is 11.2 Å². The molecule has 128 valence electrons. The highest BCUT2D eigenvalue weighted by Gasteiger charge is 2.75. The van der Waals surface area contributed by atoms with Crippen molar-refractivity contribution in [2.45, 2.75) is 108 Å². The van der Waals surface area contributed by atoms with E-state index in [9.17, 15) is 9.90 Å². The first-order valence-corrected chi connectivity index (χ1v) is 9.16. The molecule has 0 aromatic carbocycles. The van der Waals surface area contributed by atoms with E-state index in [4.69, 9.17) is 9.84 Å². The molecular formula is C18H32O4. The van der Waals surface area contributed by atoms with Crippen LogP contribution in [0, 0.1) is 0 Å². The number of epoxide rings is 1. The first-order chi connectivity index (χ1) is 10.6. The highest BCUT2D eigenvalue weighted by Crippen LogP contribution is 2.64. The number of aliphatic carboxylic acids is 1. The average Bonchev–Trinajstić information content (AvgIpc) is 3.06. The quantitative estimate of drug-likeness (QED) is 0.421. The van der Waals surface area contributed by atoms with Crippen LogP contribution in [0.5, 0.6) is 0 Å². The number of carbonyl (C=O) groups is 1. The van der Waals surface area contributed by atoms with Gasteiger partial charge in [0.25, 0.3) is 0 Å². The predicted molar refractivity (Wildman–Crippen MR) is 85.9 cm³/mol. The molecule has 0 aromatic rings. The summed E-state index contributed by atoms with van der Waals surface area (Å²) in [4.78, 5) is 10.5. The van der Waals surface area contributed by atoms with Crippen LogP contribution < -0.4 is 0 Å². The van der Waals surface area contributed by atoms with Gasteiger partial charge in [-0.3, -0.25) is 4.79 Å². The molecule has 0 bridgehead atoms. The summed E-state index contributed by atoms with van der Waals surface area (Å²) in [6.45, 7) is 2.22. The number of aliphatic hydroxyl groups is 1. The van der Waals surface area contributed by atoms with E-state index in [2.05, 4.69) is 6.92 Å². The van der Waals surface area contributed by atoms with Crippen LogP contribution in [0.3, 0.4) is 0 Å². The maximum absolute atomic E-state index is 10.5. The maximum Gasteiger partial charge on any atom is 0.303 e. The largest absolute Gasteiger partial charge is 0.481 e. The van der Waals surface area contributed by atoms with Crippen molar-refractivity contribution in [1.29, 1.82) is 0 Å². The minimum atomic E-state index is -0.707. The maximum atomic E-state index is 10.5. The summed E-state index contributed by atoms with van der Waals surface area (Å²) in [5, 5.41) is 19.0. The molecule has 3 atom stereocenters. The van der Waals surface area contributed by atoms with Crippen molar-refractivity contribution in [3.63, 3.8) is 0 Å². The zero-order valence-electron chi connectivity index (χ0n) is 14.0. The molecule has 0 spiro atoms. The lowest BCUT2D eigenvalue weighted by atomic mass is 9.86. The summed E-state index contributed by atoms with van der Waals surface area (Å²) in [5.41, 5.74) is -0.284. The molecule has 3 unspecified atom stereocenters. The minimum absolute atomic E-state index is 0.0266. The van der Waals surface area contributed by atoms with Gasteiger partial charge in [0.15, 0.2) is 0 Å². The fraction of sp³-hybridized carbons (Fsp3) is 0.944. The number of carboxylic acids is 1. The van der Waals surface area contributed by atoms with Crippen molar-refractivity contribution in [3.8, 4) is 0 Å². The second kappa shape index (κ2) is 7.78. The van der Waals surface area contributed by atoms with Crippen molar-refractivity contribution in [2.24, 2.45) is 0 Å². The molecule has 0 amide bonds. The Hall–Kier alpha value is -0.610. The number of hydrogen-bond acceptors (Lipinski definition) is 3. The normalized spacial score (nSPS) is 32.9. The van der Waals surface area contributed by atoms with Gasteiger partial charge < -0.3 is 14.9 Å². The van der Waals surface area contributed by atoms with Gasteiger partial charge in [-0.2, -0.15) is 0 Å². The van der Waals surface area contributed by atoms with Crippen molar-refractivity contribution in [2.75, 3.05) is 0 Å². The Kier molecular flexibility index (Phi) is 6.27. The third-order valence-electron chi connectivity index (χ3n) is 5.59. The number of unbranched alkanes of at least 4 members (excludes halogenated alkanes) is 6. The lowest BCUT2D eigenvalue weighted by molar-refractivity contribution is -0.137. The molecular weight excluding hydrogens is 280 g/mol. The fourth-order valence-electron chi connectivity index (χ4n) is 4.25. The minimum Gasteiger partial charge on any atom is -0.481 e. The smallest absolute Gasteiger partial charge is 0.303 e. The van der Waals surface area contributed by atoms with Crippen molar-refractivity contribution < 1.29 is 19.7 Å². The Bertz CT molecular complexity index is 370. The summed E-state index contributed by atoms with van der Waals surface area (Å²) in [6.07, 6.45) is 12.7. The fourth-order valence-corrected chi connectivity index (χ4v) is 4.25. The first kappa shape index (κ1) is 17.7. The predicted octanol–water partition coefficient (Wildman–Crippen LogP) is 4.04. The third kappa shape index (κ3) is 3.83. The highest BCUT2D eigenvalue weighted by molar-refractivity contribution is 5.66. The summed E-state index contributed by atoms with van der Waals surface area (Å²) in [7, 11) is 0. The second-order valence-electron chi connectivity index (χ2n) is 7.16. The van der Waals surface area contributed by atoms with E-state index in [1.54, 1.807) is 0 Å². The molecule has 2 fully saturated rings. The molecule has 2 N–H and O–H groups in total. The molecule has 1 aliphatic heterocycles. The number of ether oxygens (including phenoxy) is 1. The molecule has 2 aliphatic rings. The Morgan fingerprint density at radius 1 is 1.09 bits per heavy atom. The molecule has 4 nitrogen and oxygen atoms in total. The molecule has 1 saturated carbocycles. The van der Waals surface area contributed by atoms with Crippen molar-refractivity contribution in [3.05, 3.63) is 0 Å². The van der Waals surface area contributed by atoms with Crippen molar-refractivity contribution >= 4 is 5.97 Å². The van der Waals surface area contributed by atoms with Crippen LogP contribution in [0.2, 0.25) is 0 Å². The lowest BCUT2D eigenvalue weighted by Crippen LogP contribution is -2.30. The number of aliphatic hydroxyl groups excluding tert-OH is 1. The molecule has 22 heavy (non-hydrogen) atoms. The Balaban J connectivity index is 1.68. The van der Waals surface area contributed by atoms with E-state index < -0.39 is 5.97 Å². The molecule has 2 rings (SSSR count). The SMILES string of the molecule is CCCCCCC12CCC(O)C1(CCCCCCC(=O)O)O2. The van der Waals surface area contributed by atoms with Crippen molar-refractivity contribution in [1.82, 2.24) is 0 Å². The summed E-state index contributed by atoms with van der Waals surface area (Å²) in [5.74, 6) is -0.707. The topological polar surface area (TPSA) is 70.1 Å². The molecule has 1 saturated heterocycles.